The summed E-state index contributed by atoms with van der Waals surface area (Å²) in [6, 6.07) is 17.2. The topological polar surface area (TPSA) is 59.3 Å². The Hall–Kier alpha value is -2.83. The van der Waals surface area contributed by atoms with Gasteiger partial charge in [-0.3, -0.25) is 19.2 Å². The molecule has 1 atom stereocenters. The van der Waals surface area contributed by atoms with E-state index < -0.39 is 0 Å². The fraction of sp³-hybridized carbons (Fsp3) is 0.333. The number of halogens is 1. The molecule has 0 radical (unpaired) electrons. The van der Waals surface area contributed by atoms with E-state index >= 15 is 0 Å². The lowest BCUT2D eigenvalue weighted by Crippen LogP contribution is -2.40. The summed E-state index contributed by atoms with van der Waals surface area (Å²) in [5, 5.41) is 3.67. The van der Waals surface area contributed by atoms with Crippen LogP contribution >= 0.6 is 11.6 Å². The Bertz CT molecular complexity index is 1140. The van der Waals surface area contributed by atoms with E-state index in [-0.39, 0.29) is 17.4 Å². The van der Waals surface area contributed by atoms with Gasteiger partial charge in [0.2, 0.25) is 5.91 Å². The Morgan fingerprint density at radius 2 is 1.84 bits per heavy atom. The highest BCUT2D eigenvalue weighted by molar-refractivity contribution is 6.31. The van der Waals surface area contributed by atoms with Gasteiger partial charge in [-0.25, -0.2) is 4.68 Å². The van der Waals surface area contributed by atoms with Gasteiger partial charge in [-0.1, -0.05) is 48.0 Å². The number of hydrogen-bond donors (Lipinski definition) is 1. The summed E-state index contributed by atoms with van der Waals surface area (Å²) in [6.07, 6.45) is 1.74. The van der Waals surface area contributed by atoms with Crippen molar-refractivity contribution < 1.29 is 4.79 Å². The Morgan fingerprint density at radius 3 is 2.58 bits per heavy atom. The molecule has 7 heteroatoms. The Kier molecular flexibility index (Phi) is 6.30. The SMILES string of the molecule is Cc1c(NC(=O)[C@@H]2CCCN(Cc3ccccc3Cl)C2)c(=O)n(-c2ccccc2)n1C. The molecule has 0 spiro atoms. The lowest BCUT2D eigenvalue weighted by atomic mass is 9.96. The minimum absolute atomic E-state index is 0.102. The van der Waals surface area contributed by atoms with Crippen molar-refractivity contribution in [3.05, 3.63) is 81.2 Å². The molecule has 0 aliphatic carbocycles. The van der Waals surface area contributed by atoms with E-state index in [0.29, 0.717) is 18.8 Å². The number of amides is 1. The van der Waals surface area contributed by atoms with Crippen LogP contribution in [-0.4, -0.2) is 33.3 Å². The quantitative estimate of drug-likeness (QED) is 0.655. The fourth-order valence-electron chi connectivity index (χ4n) is 4.22. The van der Waals surface area contributed by atoms with Crippen molar-refractivity contribution in [2.24, 2.45) is 13.0 Å². The monoisotopic (exact) mass is 438 g/mol. The summed E-state index contributed by atoms with van der Waals surface area (Å²) in [6.45, 7) is 4.14. The largest absolute Gasteiger partial charge is 0.320 e. The molecule has 0 unspecified atom stereocenters. The zero-order chi connectivity index (χ0) is 22.0. The summed E-state index contributed by atoms with van der Waals surface area (Å²) in [5.74, 6) is -0.268. The van der Waals surface area contributed by atoms with E-state index in [0.717, 1.165) is 41.4 Å². The minimum Gasteiger partial charge on any atom is -0.320 e. The maximum atomic E-state index is 13.1. The second-order valence-electron chi connectivity index (χ2n) is 8.09. The normalized spacial score (nSPS) is 16.9. The van der Waals surface area contributed by atoms with Gasteiger partial charge < -0.3 is 5.32 Å². The standard InChI is InChI=1S/C24H27ClN4O2/c1-17-22(24(31)29(27(17)2)20-11-4-3-5-12-20)26-23(30)19-10-8-14-28(16-19)15-18-9-6-7-13-21(18)25/h3-7,9,11-13,19H,8,10,14-16H2,1-2H3,(H,26,30)/t19-/m1/s1. The van der Waals surface area contributed by atoms with Crippen molar-refractivity contribution >= 4 is 23.2 Å². The van der Waals surface area contributed by atoms with Crippen LogP contribution in [0.15, 0.2) is 59.4 Å². The van der Waals surface area contributed by atoms with Gasteiger partial charge in [-0.2, -0.15) is 0 Å². The molecule has 1 aliphatic heterocycles. The molecule has 0 saturated carbocycles. The first-order valence-electron chi connectivity index (χ1n) is 10.6. The van der Waals surface area contributed by atoms with Gasteiger partial charge in [0, 0.05) is 25.2 Å². The van der Waals surface area contributed by atoms with Gasteiger partial charge in [-0.05, 0) is 50.1 Å². The van der Waals surface area contributed by atoms with Crippen LogP contribution in [0.3, 0.4) is 0 Å². The molecule has 2 aromatic carbocycles. The van der Waals surface area contributed by atoms with E-state index in [2.05, 4.69) is 10.2 Å². The van der Waals surface area contributed by atoms with Crippen molar-refractivity contribution in [2.45, 2.75) is 26.3 Å². The van der Waals surface area contributed by atoms with Gasteiger partial charge in [0.05, 0.1) is 17.3 Å². The number of aromatic nitrogens is 2. The smallest absolute Gasteiger partial charge is 0.295 e. The maximum Gasteiger partial charge on any atom is 0.295 e. The molecular weight excluding hydrogens is 412 g/mol. The number of benzene rings is 2. The van der Waals surface area contributed by atoms with Crippen molar-refractivity contribution in [2.75, 3.05) is 18.4 Å². The van der Waals surface area contributed by atoms with Crippen LogP contribution in [0.5, 0.6) is 0 Å². The van der Waals surface area contributed by atoms with E-state index in [4.69, 9.17) is 11.6 Å². The average Bonchev–Trinajstić information content (AvgIpc) is 2.99. The van der Waals surface area contributed by atoms with Crippen molar-refractivity contribution in [1.82, 2.24) is 14.3 Å². The highest BCUT2D eigenvalue weighted by atomic mass is 35.5. The predicted molar refractivity (Wildman–Crippen MR) is 124 cm³/mol. The molecule has 1 fully saturated rings. The van der Waals surface area contributed by atoms with Crippen LogP contribution in [-0.2, 0) is 18.4 Å². The van der Waals surface area contributed by atoms with Crippen LogP contribution in [0.4, 0.5) is 5.69 Å². The first-order valence-corrected chi connectivity index (χ1v) is 10.9. The number of rotatable bonds is 5. The van der Waals surface area contributed by atoms with E-state index in [1.807, 2.05) is 68.6 Å². The molecule has 1 N–H and O–H groups in total. The Balaban J connectivity index is 1.49. The van der Waals surface area contributed by atoms with Crippen LogP contribution < -0.4 is 10.9 Å². The molecule has 31 heavy (non-hydrogen) atoms. The summed E-state index contributed by atoms with van der Waals surface area (Å²) < 4.78 is 3.35. The van der Waals surface area contributed by atoms with Crippen molar-refractivity contribution in [3.63, 3.8) is 0 Å². The number of hydrogen-bond acceptors (Lipinski definition) is 3. The number of anilines is 1. The molecule has 162 valence electrons. The van der Waals surface area contributed by atoms with E-state index in [1.54, 1.807) is 9.36 Å². The zero-order valence-corrected chi connectivity index (χ0v) is 18.6. The van der Waals surface area contributed by atoms with E-state index in [9.17, 15) is 9.59 Å². The minimum atomic E-state index is -0.219. The van der Waals surface area contributed by atoms with Crippen molar-refractivity contribution in [1.29, 1.82) is 0 Å². The molecule has 6 nitrogen and oxygen atoms in total. The summed E-state index contributed by atoms with van der Waals surface area (Å²) in [4.78, 5) is 28.4. The molecule has 0 bridgehead atoms. The number of para-hydroxylation sites is 1. The van der Waals surface area contributed by atoms with Gasteiger partial charge in [0.1, 0.15) is 5.69 Å². The average molecular weight is 439 g/mol. The molecule has 4 rings (SSSR count). The van der Waals surface area contributed by atoms with Crippen LogP contribution in [0, 0.1) is 12.8 Å². The summed E-state index contributed by atoms with van der Waals surface area (Å²) in [5.41, 5.74) is 2.69. The van der Waals surface area contributed by atoms with Gasteiger partial charge in [0.15, 0.2) is 0 Å². The zero-order valence-electron chi connectivity index (χ0n) is 17.8. The molecule has 1 aliphatic rings. The molecule has 1 amide bonds. The molecule has 1 saturated heterocycles. The third-order valence-corrected chi connectivity index (χ3v) is 6.40. The summed E-state index contributed by atoms with van der Waals surface area (Å²) >= 11 is 6.31. The van der Waals surface area contributed by atoms with Gasteiger partial charge >= 0.3 is 0 Å². The third-order valence-electron chi connectivity index (χ3n) is 6.03. The fourth-order valence-corrected chi connectivity index (χ4v) is 4.41. The van der Waals surface area contributed by atoms with Crippen LogP contribution in [0.1, 0.15) is 24.1 Å². The molecular formula is C24H27ClN4O2. The van der Waals surface area contributed by atoms with Crippen molar-refractivity contribution in [3.8, 4) is 5.69 Å². The lowest BCUT2D eigenvalue weighted by Gasteiger charge is -2.32. The number of piperidine rings is 1. The van der Waals surface area contributed by atoms with Crippen LogP contribution in [0.25, 0.3) is 5.69 Å². The highest BCUT2D eigenvalue weighted by Crippen LogP contribution is 2.23. The van der Waals surface area contributed by atoms with Crippen LogP contribution in [0.2, 0.25) is 5.02 Å². The maximum absolute atomic E-state index is 13.1. The predicted octanol–water partition coefficient (Wildman–Crippen LogP) is 3.99. The first-order chi connectivity index (χ1) is 15.0. The number of likely N-dealkylation sites (tertiary alicyclic amines) is 1. The number of carbonyl (C=O) groups excluding carboxylic acids is 1. The van der Waals surface area contributed by atoms with Gasteiger partial charge in [0.25, 0.3) is 5.56 Å². The summed E-state index contributed by atoms with van der Waals surface area (Å²) in [7, 11) is 1.82. The molecule has 3 aromatic rings. The Morgan fingerprint density at radius 1 is 1.13 bits per heavy atom. The number of nitrogens with zero attached hydrogens (tertiary/aromatic N) is 3. The molecule has 1 aromatic heterocycles. The highest BCUT2D eigenvalue weighted by Gasteiger charge is 2.28. The number of nitrogens with one attached hydrogen (secondary N) is 1. The first kappa shape index (κ1) is 21.4. The third kappa shape index (κ3) is 4.45. The van der Waals surface area contributed by atoms with E-state index in [1.165, 1.54) is 0 Å². The Labute approximate surface area is 187 Å². The number of carbonyl (C=O) groups is 1. The van der Waals surface area contributed by atoms with Gasteiger partial charge in [-0.15, -0.1) is 0 Å². The second kappa shape index (κ2) is 9.12. The second-order valence-corrected chi connectivity index (χ2v) is 8.50. The molecule has 2 heterocycles. The lowest BCUT2D eigenvalue weighted by molar-refractivity contribution is -0.121.